The van der Waals surface area contributed by atoms with E-state index in [0.29, 0.717) is 10.0 Å². The average molecular weight is 408 g/mol. The summed E-state index contributed by atoms with van der Waals surface area (Å²) in [6.45, 7) is 1.44. The molecule has 0 aliphatic carbocycles. The normalized spacial score (nSPS) is 12.7. The Labute approximate surface area is 155 Å². The molecule has 0 N–H and O–H groups in total. The summed E-state index contributed by atoms with van der Waals surface area (Å²) < 4.78 is 30.0. The zero-order valence-corrected chi connectivity index (χ0v) is 15.6. The lowest BCUT2D eigenvalue weighted by Crippen LogP contribution is -2.24. The zero-order valence-electron chi connectivity index (χ0n) is 12.5. The summed E-state index contributed by atoms with van der Waals surface area (Å²) in [5.41, 5.74) is 0. The number of sulfone groups is 1. The van der Waals surface area contributed by atoms with Crippen LogP contribution in [0, 0.1) is 0 Å². The fourth-order valence-corrected chi connectivity index (χ4v) is 3.83. The summed E-state index contributed by atoms with van der Waals surface area (Å²) in [7, 11) is -3.67. The van der Waals surface area contributed by atoms with Gasteiger partial charge in [-0.05, 0) is 49.4 Å². The molecule has 1 unspecified atom stereocenters. The number of carbonyl (C=O) groups excluding carboxylic acids is 1. The Morgan fingerprint density at radius 2 is 1.62 bits per heavy atom. The molecule has 0 saturated carbocycles. The summed E-state index contributed by atoms with van der Waals surface area (Å²) in [4.78, 5) is 12.1. The van der Waals surface area contributed by atoms with Gasteiger partial charge in [0.1, 0.15) is 5.75 Å². The van der Waals surface area contributed by atoms with E-state index in [0.717, 1.165) is 0 Å². The number of esters is 1. The highest BCUT2D eigenvalue weighted by atomic mass is 35.5. The lowest BCUT2D eigenvalue weighted by molar-refractivity contribution is -0.134. The SMILES string of the molecule is CC(CC(=O)Oc1ccc(Cl)cc1Cl)S(=O)(=O)c1ccc(Cl)cc1. The Kier molecular flexibility index (Phi) is 6.15. The Hall–Kier alpha value is -1.27. The molecule has 1 atom stereocenters. The van der Waals surface area contributed by atoms with Crippen molar-refractivity contribution < 1.29 is 17.9 Å². The fourth-order valence-electron chi connectivity index (χ4n) is 1.92. The van der Waals surface area contributed by atoms with Crippen LogP contribution >= 0.6 is 34.8 Å². The van der Waals surface area contributed by atoms with Crippen molar-refractivity contribution in [3.63, 3.8) is 0 Å². The first-order valence-corrected chi connectivity index (χ1v) is 9.53. The molecular weight excluding hydrogens is 395 g/mol. The third kappa shape index (κ3) is 4.63. The third-order valence-electron chi connectivity index (χ3n) is 3.24. The fraction of sp³-hybridized carbons (Fsp3) is 0.188. The van der Waals surface area contributed by atoms with Gasteiger partial charge in [0.15, 0.2) is 9.84 Å². The second kappa shape index (κ2) is 7.74. The lowest BCUT2D eigenvalue weighted by atomic mass is 10.3. The van der Waals surface area contributed by atoms with Crippen LogP contribution in [-0.2, 0) is 14.6 Å². The van der Waals surface area contributed by atoms with Gasteiger partial charge in [0.2, 0.25) is 0 Å². The molecule has 0 aliphatic heterocycles. The Bertz CT molecular complexity index is 848. The molecular formula is C16H13Cl3O4S. The van der Waals surface area contributed by atoms with Gasteiger partial charge in [0.05, 0.1) is 21.6 Å². The number of hydrogen-bond acceptors (Lipinski definition) is 4. The maximum absolute atomic E-state index is 12.4. The lowest BCUT2D eigenvalue weighted by Gasteiger charge is -2.13. The molecule has 2 rings (SSSR count). The maximum atomic E-state index is 12.4. The van der Waals surface area contributed by atoms with E-state index >= 15 is 0 Å². The van der Waals surface area contributed by atoms with Crippen molar-refractivity contribution in [2.45, 2.75) is 23.5 Å². The maximum Gasteiger partial charge on any atom is 0.312 e. The number of halogens is 3. The van der Waals surface area contributed by atoms with Gasteiger partial charge in [-0.15, -0.1) is 0 Å². The summed E-state index contributed by atoms with van der Waals surface area (Å²) in [5, 5.41) is 0.0400. The molecule has 128 valence electrons. The first kappa shape index (κ1) is 19.1. The molecule has 0 heterocycles. The molecule has 0 aromatic heterocycles. The largest absolute Gasteiger partial charge is 0.425 e. The van der Waals surface area contributed by atoms with E-state index in [2.05, 4.69) is 0 Å². The molecule has 0 spiro atoms. The van der Waals surface area contributed by atoms with Crippen molar-refractivity contribution in [2.75, 3.05) is 0 Å². The van der Waals surface area contributed by atoms with Gasteiger partial charge in [-0.25, -0.2) is 8.42 Å². The Morgan fingerprint density at radius 1 is 1.04 bits per heavy atom. The predicted molar refractivity (Wildman–Crippen MR) is 94.8 cm³/mol. The molecule has 0 fully saturated rings. The second-order valence-electron chi connectivity index (χ2n) is 5.06. The Morgan fingerprint density at radius 3 is 2.21 bits per heavy atom. The van der Waals surface area contributed by atoms with Gasteiger partial charge in [-0.3, -0.25) is 4.79 Å². The van der Waals surface area contributed by atoms with Gasteiger partial charge in [0.25, 0.3) is 0 Å². The van der Waals surface area contributed by atoms with Crippen LogP contribution in [-0.4, -0.2) is 19.6 Å². The zero-order chi connectivity index (χ0) is 17.9. The topological polar surface area (TPSA) is 60.4 Å². The van der Waals surface area contributed by atoms with Crippen LogP contribution in [0.15, 0.2) is 47.4 Å². The van der Waals surface area contributed by atoms with Crippen LogP contribution in [0.25, 0.3) is 0 Å². The minimum absolute atomic E-state index is 0.0942. The molecule has 8 heteroatoms. The highest BCUT2D eigenvalue weighted by Gasteiger charge is 2.26. The summed E-state index contributed by atoms with van der Waals surface area (Å²) in [6.07, 6.45) is -0.316. The number of carbonyl (C=O) groups is 1. The highest BCUT2D eigenvalue weighted by Crippen LogP contribution is 2.28. The van der Waals surface area contributed by atoms with E-state index in [1.54, 1.807) is 0 Å². The number of rotatable bonds is 5. The van der Waals surface area contributed by atoms with E-state index in [1.165, 1.54) is 49.4 Å². The van der Waals surface area contributed by atoms with E-state index in [9.17, 15) is 13.2 Å². The molecule has 0 amide bonds. The van der Waals surface area contributed by atoms with Gasteiger partial charge in [0, 0.05) is 10.0 Å². The van der Waals surface area contributed by atoms with E-state index in [-0.39, 0.29) is 22.1 Å². The minimum Gasteiger partial charge on any atom is -0.425 e. The van der Waals surface area contributed by atoms with Gasteiger partial charge in [-0.2, -0.15) is 0 Å². The molecule has 2 aromatic carbocycles. The monoisotopic (exact) mass is 406 g/mol. The molecule has 0 bridgehead atoms. The van der Waals surface area contributed by atoms with E-state index in [4.69, 9.17) is 39.5 Å². The van der Waals surface area contributed by atoms with Crippen LogP contribution in [0.2, 0.25) is 15.1 Å². The quantitative estimate of drug-likeness (QED) is 0.527. The summed E-state index contributed by atoms with van der Waals surface area (Å²) in [6, 6.07) is 10.1. The molecule has 0 saturated heterocycles. The van der Waals surface area contributed by atoms with Crippen molar-refractivity contribution in [3.8, 4) is 5.75 Å². The van der Waals surface area contributed by atoms with Crippen LogP contribution in [0.4, 0.5) is 0 Å². The van der Waals surface area contributed by atoms with Crippen molar-refractivity contribution >= 4 is 50.6 Å². The third-order valence-corrected chi connectivity index (χ3v) is 6.18. The number of hydrogen-bond donors (Lipinski definition) is 0. The van der Waals surface area contributed by atoms with Gasteiger partial charge in [-0.1, -0.05) is 34.8 Å². The Balaban J connectivity index is 2.09. The van der Waals surface area contributed by atoms with Crippen molar-refractivity contribution in [1.29, 1.82) is 0 Å². The molecule has 0 aliphatic rings. The molecule has 4 nitrogen and oxygen atoms in total. The highest BCUT2D eigenvalue weighted by molar-refractivity contribution is 7.92. The predicted octanol–water partition coefficient (Wildman–Crippen LogP) is 4.80. The average Bonchev–Trinajstić information content (AvgIpc) is 2.50. The van der Waals surface area contributed by atoms with Gasteiger partial charge >= 0.3 is 5.97 Å². The molecule has 24 heavy (non-hydrogen) atoms. The van der Waals surface area contributed by atoms with Crippen molar-refractivity contribution in [3.05, 3.63) is 57.5 Å². The van der Waals surface area contributed by atoms with Crippen LogP contribution in [0.1, 0.15) is 13.3 Å². The minimum atomic E-state index is -3.67. The van der Waals surface area contributed by atoms with Crippen LogP contribution < -0.4 is 4.74 Å². The van der Waals surface area contributed by atoms with Crippen molar-refractivity contribution in [1.82, 2.24) is 0 Å². The van der Waals surface area contributed by atoms with E-state index < -0.39 is 21.1 Å². The summed E-state index contributed by atoms with van der Waals surface area (Å²) in [5.74, 6) is -0.577. The van der Waals surface area contributed by atoms with E-state index in [1.807, 2.05) is 0 Å². The van der Waals surface area contributed by atoms with Gasteiger partial charge < -0.3 is 4.74 Å². The van der Waals surface area contributed by atoms with Crippen LogP contribution in [0.3, 0.4) is 0 Å². The first-order valence-electron chi connectivity index (χ1n) is 6.85. The summed E-state index contributed by atoms with van der Waals surface area (Å²) >= 11 is 17.4. The van der Waals surface area contributed by atoms with Crippen molar-refractivity contribution in [2.24, 2.45) is 0 Å². The molecule has 2 aromatic rings. The second-order valence-corrected chi connectivity index (χ2v) is 8.71. The van der Waals surface area contributed by atoms with Crippen LogP contribution in [0.5, 0.6) is 5.75 Å². The molecule has 0 radical (unpaired) electrons. The number of ether oxygens (including phenoxy) is 1. The standard InChI is InChI=1S/C16H13Cl3O4S/c1-10(24(21,22)13-5-2-11(17)3-6-13)8-16(20)23-15-7-4-12(18)9-14(15)19/h2-7,9-10H,8H2,1H3. The smallest absolute Gasteiger partial charge is 0.312 e. The number of benzene rings is 2. The first-order chi connectivity index (χ1) is 11.2.